The van der Waals surface area contributed by atoms with Gasteiger partial charge in [0.2, 0.25) is 0 Å². The molecule has 1 aromatic heterocycles. The number of nitrogens with one attached hydrogen (secondary N) is 1. The molecule has 0 saturated carbocycles. The maximum Gasteiger partial charge on any atom is 0.195 e. The van der Waals surface area contributed by atoms with E-state index in [0.717, 1.165) is 43.9 Å². The van der Waals surface area contributed by atoms with Crippen LogP contribution >= 0.6 is 0 Å². The van der Waals surface area contributed by atoms with Crippen LogP contribution in [0.1, 0.15) is 37.8 Å². The van der Waals surface area contributed by atoms with Gasteiger partial charge in [0.25, 0.3) is 0 Å². The zero-order valence-corrected chi connectivity index (χ0v) is 11.6. The number of rotatable bonds is 7. The van der Waals surface area contributed by atoms with E-state index in [1.54, 1.807) is 0 Å². The Kier molecular flexibility index (Phi) is 5.20. The maximum absolute atomic E-state index is 5.59. The SMILES string of the molecule is CCN1CCCC1Cc1nc(CCCNC)co1. The Morgan fingerprint density at radius 3 is 3.22 bits per heavy atom. The first-order valence-corrected chi connectivity index (χ1v) is 7.15. The minimum absolute atomic E-state index is 0.638. The van der Waals surface area contributed by atoms with Crippen LogP contribution in [-0.2, 0) is 12.8 Å². The van der Waals surface area contributed by atoms with E-state index < -0.39 is 0 Å². The van der Waals surface area contributed by atoms with E-state index in [1.807, 2.05) is 13.3 Å². The van der Waals surface area contributed by atoms with Crippen LogP contribution in [0.2, 0.25) is 0 Å². The van der Waals surface area contributed by atoms with Crippen LogP contribution in [-0.4, -0.2) is 42.6 Å². The number of aromatic nitrogens is 1. The molecule has 18 heavy (non-hydrogen) atoms. The third-order valence-corrected chi connectivity index (χ3v) is 3.77. The molecule has 1 saturated heterocycles. The molecule has 4 nitrogen and oxygen atoms in total. The Morgan fingerprint density at radius 1 is 1.56 bits per heavy atom. The number of likely N-dealkylation sites (tertiary alicyclic amines) is 1. The molecule has 102 valence electrons. The number of nitrogens with zero attached hydrogens (tertiary/aromatic N) is 2. The number of hydrogen-bond acceptors (Lipinski definition) is 4. The van der Waals surface area contributed by atoms with E-state index in [2.05, 4.69) is 22.1 Å². The van der Waals surface area contributed by atoms with E-state index in [4.69, 9.17) is 4.42 Å². The molecule has 1 N–H and O–H groups in total. The highest BCUT2D eigenvalue weighted by molar-refractivity contribution is 4.99. The van der Waals surface area contributed by atoms with Gasteiger partial charge in [-0.1, -0.05) is 6.92 Å². The monoisotopic (exact) mass is 251 g/mol. The fraction of sp³-hybridized carbons (Fsp3) is 0.786. The number of aryl methyl sites for hydroxylation is 1. The van der Waals surface area contributed by atoms with Crippen molar-refractivity contribution in [1.82, 2.24) is 15.2 Å². The molecule has 0 bridgehead atoms. The van der Waals surface area contributed by atoms with Gasteiger partial charge in [-0.2, -0.15) is 0 Å². The van der Waals surface area contributed by atoms with Crippen molar-refractivity contribution in [2.75, 3.05) is 26.7 Å². The average Bonchev–Trinajstić information content (AvgIpc) is 2.99. The average molecular weight is 251 g/mol. The predicted octanol–water partition coefficient (Wildman–Crippen LogP) is 1.85. The summed E-state index contributed by atoms with van der Waals surface area (Å²) in [6.07, 6.45) is 7.52. The van der Waals surface area contributed by atoms with Crippen LogP contribution < -0.4 is 5.32 Å². The Morgan fingerprint density at radius 2 is 2.44 bits per heavy atom. The van der Waals surface area contributed by atoms with Crippen LogP contribution in [0.3, 0.4) is 0 Å². The molecule has 1 unspecified atom stereocenters. The van der Waals surface area contributed by atoms with Crippen molar-refractivity contribution in [2.45, 2.75) is 45.1 Å². The van der Waals surface area contributed by atoms with Crippen LogP contribution in [0.25, 0.3) is 0 Å². The van der Waals surface area contributed by atoms with Crippen molar-refractivity contribution in [3.8, 4) is 0 Å². The second-order valence-electron chi connectivity index (χ2n) is 5.07. The van der Waals surface area contributed by atoms with Gasteiger partial charge >= 0.3 is 0 Å². The van der Waals surface area contributed by atoms with Crippen molar-refractivity contribution in [1.29, 1.82) is 0 Å². The second kappa shape index (κ2) is 6.90. The first-order valence-electron chi connectivity index (χ1n) is 7.15. The van der Waals surface area contributed by atoms with Gasteiger partial charge in [-0.3, -0.25) is 0 Å². The van der Waals surface area contributed by atoms with Crippen LogP contribution in [0, 0.1) is 0 Å². The highest BCUT2D eigenvalue weighted by Crippen LogP contribution is 2.20. The van der Waals surface area contributed by atoms with Crippen molar-refractivity contribution in [3.05, 3.63) is 17.8 Å². The molecule has 0 spiro atoms. The first-order chi connectivity index (χ1) is 8.83. The van der Waals surface area contributed by atoms with Gasteiger partial charge in [-0.25, -0.2) is 4.98 Å². The number of hydrogen-bond donors (Lipinski definition) is 1. The molecule has 0 radical (unpaired) electrons. The molecule has 2 heterocycles. The summed E-state index contributed by atoms with van der Waals surface area (Å²) < 4.78 is 5.59. The van der Waals surface area contributed by atoms with E-state index in [1.165, 1.54) is 19.4 Å². The number of oxazole rings is 1. The predicted molar refractivity (Wildman–Crippen MR) is 72.7 cm³/mol. The zero-order valence-electron chi connectivity index (χ0n) is 11.6. The summed E-state index contributed by atoms with van der Waals surface area (Å²) >= 11 is 0. The van der Waals surface area contributed by atoms with Crippen molar-refractivity contribution >= 4 is 0 Å². The molecule has 2 rings (SSSR count). The summed E-state index contributed by atoms with van der Waals surface area (Å²) in [5.74, 6) is 0.916. The summed E-state index contributed by atoms with van der Waals surface area (Å²) in [5.41, 5.74) is 1.10. The van der Waals surface area contributed by atoms with Gasteiger partial charge in [-0.15, -0.1) is 0 Å². The molecule has 1 fully saturated rings. The third-order valence-electron chi connectivity index (χ3n) is 3.77. The largest absolute Gasteiger partial charge is 0.449 e. The molecular weight excluding hydrogens is 226 g/mol. The number of likely N-dealkylation sites (N-methyl/N-ethyl adjacent to an activating group) is 1. The summed E-state index contributed by atoms with van der Waals surface area (Å²) in [6, 6.07) is 0.638. The molecule has 1 aliphatic rings. The van der Waals surface area contributed by atoms with Gasteiger partial charge < -0.3 is 14.6 Å². The fourth-order valence-electron chi connectivity index (χ4n) is 2.75. The summed E-state index contributed by atoms with van der Waals surface area (Å²) in [5, 5.41) is 3.15. The molecular formula is C14H25N3O. The Bertz CT molecular complexity index is 351. The van der Waals surface area contributed by atoms with Gasteiger partial charge in [0.1, 0.15) is 6.26 Å². The molecule has 1 aromatic rings. The molecule has 1 aliphatic heterocycles. The van der Waals surface area contributed by atoms with Gasteiger partial charge in [0.05, 0.1) is 5.69 Å². The smallest absolute Gasteiger partial charge is 0.195 e. The van der Waals surface area contributed by atoms with E-state index in [-0.39, 0.29) is 0 Å². The lowest BCUT2D eigenvalue weighted by atomic mass is 10.1. The lowest BCUT2D eigenvalue weighted by Gasteiger charge is -2.20. The maximum atomic E-state index is 5.59. The van der Waals surface area contributed by atoms with Crippen LogP contribution in [0.4, 0.5) is 0 Å². The molecule has 0 amide bonds. The van der Waals surface area contributed by atoms with E-state index >= 15 is 0 Å². The minimum atomic E-state index is 0.638. The van der Waals surface area contributed by atoms with Crippen molar-refractivity contribution < 1.29 is 4.42 Å². The second-order valence-corrected chi connectivity index (χ2v) is 5.07. The topological polar surface area (TPSA) is 41.3 Å². The van der Waals surface area contributed by atoms with E-state index in [9.17, 15) is 0 Å². The van der Waals surface area contributed by atoms with Gasteiger partial charge in [0, 0.05) is 12.5 Å². The van der Waals surface area contributed by atoms with Gasteiger partial charge in [-0.05, 0) is 52.4 Å². The zero-order chi connectivity index (χ0) is 12.8. The molecule has 4 heteroatoms. The molecule has 1 atom stereocenters. The first kappa shape index (κ1) is 13.6. The van der Waals surface area contributed by atoms with Gasteiger partial charge in [0.15, 0.2) is 5.89 Å². The Hall–Kier alpha value is -0.870. The normalized spacial score (nSPS) is 20.7. The summed E-state index contributed by atoms with van der Waals surface area (Å²) in [6.45, 7) is 5.64. The van der Waals surface area contributed by atoms with Crippen LogP contribution in [0.15, 0.2) is 10.7 Å². The Balaban J connectivity index is 1.82. The lowest BCUT2D eigenvalue weighted by molar-refractivity contribution is 0.254. The highest BCUT2D eigenvalue weighted by Gasteiger charge is 2.24. The van der Waals surface area contributed by atoms with Crippen molar-refractivity contribution in [2.24, 2.45) is 0 Å². The van der Waals surface area contributed by atoms with Crippen LogP contribution in [0.5, 0.6) is 0 Å². The summed E-state index contributed by atoms with van der Waals surface area (Å²) in [7, 11) is 1.98. The fourth-order valence-corrected chi connectivity index (χ4v) is 2.75. The quantitative estimate of drug-likeness (QED) is 0.751. The highest BCUT2D eigenvalue weighted by atomic mass is 16.3. The minimum Gasteiger partial charge on any atom is -0.449 e. The Labute approximate surface area is 110 Å². The third kappa shape index (κ3) is 3.56. The summed E-state index contributed by atoms with van der Waals surface area (Å²) in [4.78, 5) is 7.13. The van der Waals surface area contributed by atoms with E-state index in [0.29, 0.717) is 6.04 Å². The molecule has 0 aliphatic carbocycles. The standard InChI is InChI=1S/C14H25N3O/c1-3-17-9-5-7-13(17)10-14-16-12(11-18-14)6-4-8-15-2/h11,13,15H,3-10H2,1-2H3. The van der Waals surface area contributed by atoms with Crippen molar-refractivity contribution in [3.63, 3.8) is 0 Å². The lowest BCUT2D eigenvalue weighted by Crippen LogP contribution is -2.30. The molecule has 0 aromatic carbocycles.